The van der Waals surface area contributed by atoms with Crippen LogP contribution in [0.2, 0.25) is 0 Å². The van der Waals surface area contributed by atoms with E-state index in [1.165, 1.54) is 22.0 Å². The molecular weight excluding hydrogens is 400 g/mol. The molecule has 0 N–H and O–H groups in total. The molecule has 0 bridgehead atoms. The minimum atomic E-state index is -0.937. The highest BCUT2D eigenvalue weighted by molar-refractivity contribution is 7.07. The quantitative estimate of drug-likeness (QED) is 0.653. The van der Waals surface area contributed by atoms with E-state index in [4.69, 9.17) is 9.47 Å². The van der Waals surface area contributed by atoms with Crippen LogP contribution in [0.3, 0.4) is 0 Å². The number of rotatable bonds is 4. The van der Waals surface area contributed by atoms with Crippen LogP contribution in [0.4, 0.5) is 14.5 Å². The lowest BCUT2D eigenvalue weighted by molar-refractivity contribution is 0.355. The summed E-state index contributed by atoms with van der Waals surface area (Å²) in [7, 11) is 3.10. The summed E-state index contributed by atoms with van der Waals surface area (Å²) < 4.78 is 39.3. The Bertz CT molecular complexity index is 1250. The van der Waals surface area contributed by atoms with Crippen molar-refractivity contribution in [2.24, 2.45) is 4.99 Å². The molecule has 1 aliphatic heterocycles. The highest BCUT2D eigenvalue weighted by atomic mass is 32.1. The first-order valence-corrected chi connectivity index (χ1v) is 9.49. The van der Waals surface area contributed by atoms with Crippen molar-refractivity contribution in [3.05, 3.63) is 73.3 Å². The number of ether oxygens (including phenoxy) is 2. The fraction of sp³-hybridized carbons (Fsp3) is 0.200. The van der Waals surface area contributed by atoms with Gasteiger partial charge in [0.15, 0.2) is 27.9 Å². The number of hydrogen-bond donors (Lipinski definition) is 0. The molecule has 0 unspecified atom stereocenters. The predicted molar refractivity (Wildman–Crippen MR) is 106 cm³/mol. The number of hydrogen-bond acceptors (Lipinski definition) is 6. The van der Waals surface area contributed by atoms with Gasteiger partial charge in [0.25, 0.3) is 5.56 Å². The largest absolute Gasteiger partial charge is 0.493 e. The predicted octanol–water partition coefficient (Wildman–Crippen LogP) is 2.09. The van der Waals surface area contributed by atoms with Crippen molar-refractivity contribution in [2.45, 2.75) is 6.67 Å². The fourth-order valence-electron chi connectivity index (χ4n) is 3.05. The standard InChI is InChI=1S/C20H17F2N3O3S/c1-27-16-6-3-12(7-17(16)28-2)8-18-19(26)25-11-24(10-23-20(25)29-18)13-4-5-14(21)15(22)9-13/h3-9H,10-11H2,1-2H3. The zero-order chi connectivity index (χ0) is 20.5. The molecule has 0 saturated carbocycles. The first-order valence-electron chi connectivity index (χ1n) is 8.68. The lowest BCUT2D eigenvalue weighted by Crippen LogP contribution is -2.42. The Hall–Kier alpha value is -3.20. The summed E-state index contributed by atoms with van der Waals surface area (Å²) in [5.41, 5.74) is 1.05. The third-order valence-corrected chi connectivity index (χ3v) is 5.60. The van der Waals surface area contributed by atoms with E-state index in [0.29, 0.717) is 26.5 Å². The van der Waals surface area contributed by atoms with Gasteiger partial charge in [-0.3, -0.25) is 9.36 Å². The van der Waals surface area contributed by atoms with E-state index in [1.54, 1.807) is 37.3 Å². The Morgan fingerprint density at radius 2 is 1.86 bits per heavy atom. The number of aromatic nitrogens is 1. The van der Waals surface area contributed by atoms with Crippen molar-refractivity contribution in [1.82, 2.24) is 4.57 Å². The van der Waals surface area contributed by atoms with E-state index in [-0.39, 0.29) is 18.9 Å². The van der Waals surface area contributed by atoms with Gasteiger partial charge in [0.1, 0.15) is 13.3 Å². The van der Waals surface area contributed by atoms with Gasteiger partial charge in [0.2, 0.25) is 0 Å². The van der Waals surface area contributed by atoms with Crippen molar-refractivity contribution < 1.29 is 18.3 Å². The molecule has 29 heavy (non-hydrogen) atoms. The summed E-state index contributed by atoms with van der Waals surface area (Å²) >= 11 is 1.28. The fourth-order valence-corrected chi connectivity index (χ4v) is 4.01. The van der Waals surface area contributed by atoms with Gasteiger partial charge in [0, 0.05) is 11.8 Å². The normalized spacial score (nSPS) is 13.8. The SMILES string of the molecule is COc1ccc(C=c2sc3n(c2=O)CN(c2ccc(F)c(F)c2)CN=3)cc1OC. The van der Waals surface area contributed by atoms with Crippen molar-refractivity contribution in [1.29, 1.82) is 0 Å². The van der Waals surface area contributed by atoms with Crippen LogP contribution in [0.1, 0.15) is 5.56 Å². The zero-order valence-electron chi connectivity index (χ0n) is 15.7. The Balaban J connectivity index is 1.69. The highest BCUT2D eigenvalue weighted by Crippen LogP contribution is 2.27. The first-order chi connectivity index (χ1) is 14.0. The number of anilines is 1. The molecule has 3 aromatic rings. The maximum atomic E-state index is 13.5. The van der Waals surface area contributed by atoms with Crippen LogP contribution in [-0.4, -0.2) is 25.5 Å². The molecule has 1 aromatic heterocycles. The van der Waals surface area contributed by atoms with Crippen LogP contribution in [0.15, 0.2) is 46.2 Å². The van der Waals surface area contributed by atoms with E-state index in [0.717, 1.165) is 17.7 Å². The summed E-state index contributed by atoms with van der Waals surface area (Å²) in [6.07, 6.45) is 1.76. The Morgan fingerprint density at radius 3 is 2.59 bits per heavy atom. The zero-order valence-corrected chi connectivity index (χ0v) is 16.5. The van der Waals surface area contributed by atoms with Crippen molar-refractivity contribution >= 4 is 23.1 Å². The van der Waals surface area contributed by atoms with Crippen LogP contribution >= 0.6 is 11.3 Å². The van der Waals surface area contributed by atoms with Gasteiger partial charge in [-0.15, -0.1) is 0 Å². The Labute approximate surface area is 168 Å². The second-order valence-electron chi connectivity index (χ2n) is 6.32. The summed E-state index contributed by atoms with van der Waals surface area (Å²) in [5, 5.41) is 0. The lowest BCUT2D eigenvalue weighted by atomic mass is 10.2. The smallest absolute Gasteiger partial charge is 0.271 e. The third-order valence-electron chi connectivity index (χ3n) is 4.55. The van der Waals surface area contributed by atoms with Crippen LogP contribution in [0, 0.1) is 11.6 Å². The molecule has 0 radical (unpaired) electrons. The molecule has 9 heteroatoms. The molecule has 0 spiro atoms. The molecule has 0 aliphatic carbocycles. The van der Waals surface area contributed by atoms with Crippen molar-refractivity contribution in [2.75, 3.05) is 25.8 Å². The van der Waals surface area contributed by atoms with E-state index < -0.39 is 11.6 Å². The average molecular weight is 417 g/mol. The summed E-state index contributed by atoms with van der Waals surface area (Å²) in [4.78, 5) is 19.6. The number of halogens is 2. The maximum Gasteiger partial charge on any atom is 0.271 e. The van der Waals surface area contributed by atoms with Gasteiger partial charge in [-0.2, -0.15) is 0 Å². The van der Waals surface area contributed by atoms with E-state index in [2.05, 4.69) is 4.99 Å². The molecule has 0 amide bonds. The number of thiazole rings is 1. The van der Waals surface area contributed by atoms with Crippen molar-refractivity contribution in [3.8, 4) is 11.5 Å². The molecule has 150 valence electrons. The number of benzene rings is 2. The van der Waals surface area contributed by atoms with Crippen LogP contribution in [0.25, 0.3) is 6.08 Å². The van der Waals surface area contributed by atoms with E-state index in [1.807, 2.05) is 6.07 Å². The van der Waals surface area contributed by atoms with Gasteiger partial charge in [0.05, 0.1) is 18.8 Å². The molecule has 1 aliphatic rings. The maximum absolute atomic E-state index is 13.5. The van der Waals surface area contributed by atoms with Gasteiger partial charge in [-0.1, -0.05) is 17.4 Å². The summed E-state index contributed by atoms with van der Waals surface area (Å²) in [5.74, 6) is -0.683. The summed E-state index contributed by atoms with van der Waals surface area (Å²) in [6.45, 7) is 0.458. The monoisotopic (exact) mass is 417 g/mol. The van der Waals surface area contributed by atoms with E-state index >= 15 is 0 Å². The third kappa shape index (κ3) is 3.61. The number of nitrogens with zero attached hydrogens (tertiary/aromatic N) is 3. The molecule has 0 fully saturated rings. The Kier molecular flexibility index (Phi) is 5.06. The topological polar surface area (TPSA) is 56.1 Å². The highest BCUT2D eigenvalue weighted by Gasteiger charge is 2.17. The molecule has 0 saturated heterocycles. The number of methoxy groups -OCH3 is 2. The van der Waals surface area contributed by atoms with Crippen molar-refractivity contribution in [3.63, 3.8) is 0 Å². The molecule has 6 nitrogen and oxygen atoms in total. The molecule has 4 rings (SSSR count). The van der Waals surface area contributed by atoms with Gasteiger partial charge in [-0.25, -0.2) is 13.8 Å². The lowest BCUT2D eigenvalue weighted by Gasteiger charge is -2.25. The second kappa shape index (κ2) is 7.67. The minimum Gasteiger partial charge on any atom is -0.493 e. The minimum absolute atomic E-state index is 0.198. The Morgan fingerprint density at radius 1 is 1.07 bits per heavy atom. The summed E-state index contributed by atoms with van der Waals surface area (Å²) in [6, 6.07) is 9.01. The molecule has 0 atom stereocenters. The molecule has 2 aromatic carbocycles. The molecular formula is C20H17F2N3O3S. The van der Waals surface area contributed by atoms with Gasteiger partial charge >= 0.3 is 0 Å². The number of fused-ring (bicyclic) bond motifs is 1. The van der Waals surface area contributed by atoms with Crippen LogP contribution in [0.5, 0.6) is 11.5 Å². The average Bonchev–Trinajstić information content (AvgIpc) is 3.04. The van der Waals surface area contributed by atoms with Gasteiger partial charge in [-0.05, 0) is 35.9 Å². The van der Waals surface area contributed by atoms with Crippen LogP contribution in [-0.2, 0) is 6.67 Å². The van der Waals surface area contributed by atoms with Crippen LogP contribution < -0.4 is 29.3 Å². The van der Waals surface area contributed by atoms with E-state index in [9.17, 15) is 13.6 Å². The second-order valence-corrected chi connectivity index (χ2v) is 7.33. The first kappa shape index (κ1) is 19.1. The van der Waals surface area contributed by atoms with Gasteiger partial charge < -0.3 is 14.4 Å². The molecule has 2 heterocycles.